The standard InChI is InChI=1S/C17H10F2N2O/c18-17(19)13-6-2-4-8-15(13)21(16(17)22)12-9-11-5-1-3-7-14(11)20-10-12/h1-10H. The Labute approximate surface area is 124 Å². The maximum atomic E-state index is 14.2. The van der Waals surface area contributed by atoms with E-state index >= 15 is 0 Å². The number of anilines is 2. The van der Waals surface area contributed by atoms with Gasteiger partial charge in [0.1, 0.15) is 0 Å². The fourth-order valence-electron chi connectivity index (χ4n) is 2.74. The summed E-state index contributed by atoms with van der Waals surface area (Å²) in [5.74, 6) is -4.76. The van der Waals surface area contributed by atoms with Crippen LogP contribution in [0, 0.1) is 0 Å². The van der Waals surface area contributed by atoms with Crippen LogP contribution in [-0.4, -0.2) is 10.9 Å². The van der Waals surface area contributed by atoms with Crippen molar-refractivity contribution in [3.05, 3.63) is 66.4 Å². The highest BCUT2D eigenvalue weighted by molar-refractivity contribution is 6.11. The van der Waals surface area contributed by atoms with Crippen molar-refractivity contribution < 1.29 is 13.6 Å². The van der Waals surface area contributed by atoms with Crippen molar-refractivity contribution in [1.82, 2.24) is 4.98 Å². The summed E-state index contributed by atoms with van der Waals surface area (Å²) < 4.78 is 28.3. The molecular formula is C17H10F2N2O. The second-order valence-corrected chi connectivity index (χ2v) is 5.12. The number of rotatable bonds is 1. The molecule has 108 valence electrons. The van der Waals surface area contributed by atoms with Gasteiger partial charge in [0.25, 0.3) is 0 Å². The summed E-state index contributed by atoms with van der Waals surface area (Å²) in [6.45, 7) is 0. The summed E-state index contributed by atoms with van der Waals surface area (Å²) in [6, 6.07) is 15.0. The SMILES string of the molecule is O=C1N(c2cnc3ccccc3c2)c2ccccc2C1(F)F. The Bertz CT molecular complexity index is 908. The molecule has 1 aliphatic heterocycles. The number of alkyl halides is 2. The van der Waals surface area contributed by atoms with Crippen LogP contribution in [0.25, 0.3) is 10.9 Å². The number of pyridine rings is 1. The Morgan fingerprint density at radius 3 is 2.59 bits per heavy atom. The van der Waals surface area contributed by atoms with E-state index in [1.807, 2.05) is 24.3 Å². The van der Waals surface area contributed by atoms with E-state index in [1.165, 1.54) is 24.4 Å². The number of amides is 1. The fraction of sp³-hybridized carbons (Fsp3) is 0.0588. The van der Waals surface area contributed by atoms with Crippen LogP contribution < -0.4 is 4.90 Å². The fourth-order valence-corrected chi connectivity index (χ4v) is 2.74. The molecule has 0 saturated carbocycles. The molecule has 0 spiro atoms. The first kappa shape index (κ1) is 12.9. The maximum Gasteiger partial charge on any atom is 0.352 e. The first-order valence-corrected chi connectivity index (χ1v) is 6.76. The van der Waals surface area contributed by atoms with E-state index in [1.54, 1.807) is 12.1 Å². The number of benzene rings is 2. The normalized spacial score (nSPS) is 16.1. The van der Waals surface area contributed by atoms with Gasteiger partial charge in [0.15, 0.2) is 0 Å². The van der Waals surface area contributed by atoms with Crippen molar-refractivity contribution >= 4 is 28.2 Å². The number of carbonyl (C=O) groups is 1. The molecule has 0 fully saturated rings. The van der Waals surface area contributed by atoms with Crippen LogP contribution in [0.2, 0.25) is 0 Å². The summed E-state index contributed by atoms with van der Waals surface area (Å²) in [6.07, 6.45) is 1.44. The van der Waals surface area contributed by atoms with Crippen molar-refractivity contribution in [1.29, 1.82) is 0 Å². The highest BCUT2D eigenvalue weighted by atomic mass is 19.3. The van der Waals surface area contributed by atoms with E-state index in [4.69, 9.17) is 0 Å². The van der Waals surface area contributed by atoms with Gasteiger partial charge in [-0.05, 0) is 18.2 Å². The number of fused-ring (bicyclic) bond motifs is 2. The van der Waals surface area contributed by atoms with Crippen molar-refractivity contribution in [2.45, 2.75) is 5.92 Å². The molecule has 22 heavy (non-hydrogen) atoms. The molecule has 1 aliphatic rings. The van der Waals surface area contributed by atoms with Crippen LogP contribution in [0.15, 0.2) is 60.8 Å². The lowest BCUT2D eigenvalue weighted by atomic mass is 10.1. The molecule has 0 N–H and O–H groups in total. The van der Waals surface area contributed by atoms with Crippen LogP contribution in [-0.2, 0) is 10.7 Å². The van der Waals surface area contributed by atoms with Gasteiger partial charge in [0.2, 0.25) is 0 Å². The van der Waals surface area contributed by atoms with Crippen molar-refractivity contribution in [3.8, 4) is 0 Å². The molecule has 3 aromatic rings. The smallest absolute Gasteiger partial charge is 0.273 e. The molecular weight excluding hydrogens is 286 g/mol. The van der Waals surface area contributed by atoms with Gasteiger partial charge in [-0.3, -0.25) is 14.7 Å². The van der Waals surface area contributed by atoms with Gasteiger partial charge in [-0.25, -0.2) is 0 Å². The maximum absolute atomic E-state index is 14.2. The van der Waals surface area contributed by atoms with E-state index < -0.39 is 11.8 Å². The molecule has 4 rings (SSSR count). The van der Waals surface area contributed by atoms with Gasteiger partial charge < -0.3 is 0 Å². The minimum atomic E-state index is -3.51. The number of hydrogen-bond acceptors (Lipinski definition) is 2. The molecule has 0 bridgehead atoms. The Balaban J connectivity index is 1.93. The lowest BCUT2D eigenvalue weighted by molar-refractivity contribution is -0.140. The van der Waals surface area contributed by atoms with Gasteiger partial charge in [-0.15, -0.1) is 0 Å². The first-order chi connectivity index (χ1) is 10.6. The Morgan fingerprint density at radius 2 is 1.73 bits per heavy atom. The third-order valence-electron chi connectivity index (χ3n) is 3.79. The second kappa shape index (κ2) is 4.34. The lowest BCUT2D eigenvalue weighted by Gasteiger charge is -2.17. The monoisotopic (exact) mass is 296 g/mol. The van der Waals surface area contributed by atoms with Crippen molar-refractivity contribution in [2.24, 2.45) is 0 Å². The van der Waals surface area contributed by atoms with Crippen LogP contribution in [0.1, 0.15) is 5.56 Å². The number of aromatic nitrogens is 1. The molecule has 2 heterocycles. The molecule has 2 aromatic carbocycles. The quantitative estimate of drug-likeness (QED) is 0.680. The lowest BCUT2D eigenvalue weighted by Crippen LogP contribution is -2.31. The Hall–Kier alpha value is -2.82. The molecule has 0 saturated heterocycles. The highest BCUT2D eigenvalue weighted by Crippen LogP contribution is 2.47. The Kier molecular flexibility index (Phi) is 2.54. The van der Waals surface area contributed by atoms with Gasteiger partial charge >= 0.3 is 11.8 Å². The van der Waals surface area contributed by atoms with Crippen LogP contribution in [0.5, 0.6) is 0 Å². The zero-order chi connectivity index (χ0) is 15.3. The van der Waals surface area contributed by atoms with E-state index in [2.05, 4.69) is 4.98 Å². The first-order valence-electron chi connectivity index (χ1n) is 6.76. The molecule has 3 nitrogen and oxygen atoms in total. The van der Waals surface area contributed by atoms with Crippen molar-refractivity contribution in [3.63, 3.8) is 0 Å². The van der Waals surface area contributed by atoms with E-state index in [0.717, 1.165) is 15.8 Å². The molecule has 0 aliphatic carbocycles. The predicted molar refractivity (Wildman–Crippen MR) is 79.2 cm³/mol. The van der Waals surface area contributed by atoms with E-state index in [0.29, 0.717) is 5.69 Å². The Morgan fingerprint density at radius 1 is 1.00 bits per heavy atom. The van der Waals surface area contributed by atoms with Crippen LogP contribution in [0.3, 0.4) is 0 Å². The number of para-hydroxylation sites is 2. The molecule has 0 unspecified atom stereocenters. The number of carbonyl (C=O) groups excluding carboxylic acids is 1. The highest BCUT2D eigenvalue weighted by Gasteiger charge is 2.53. The van der Waals surface area contributed by atoms with Crippen molar-refractivity contribution in [2.75, 3.05) is 4.90 Å². The largest absolute Gasteiger partial charge is 0.352 e. The zero-order valence-electron chi connectivity index (χ0n) is 11.3. The van der Waals surface area contributed by atoms with Crippen LogP contribution in [0.4, 0.5) is 20.2 Å². The van der Waals surface area contributed by atoms with E-state index in [9.17, 15) is 13.6 Å². The minimum absolute atomic E-state index is 0.203. The summed E-state index contributed by atoms with van der Waals surface area (Å²) in [7, 11) is 0. The number of hydrogen-bond donors (Lipinski definition) is 0. The van der Waals surface area contributed by atoms with Gasteiger partial charge in [0.05, 0.1) is 28.7 Å². The minimum Gasteiger partial charge on any atom is -0.273 e. The molecule has 0 radical (unpaired) electrons. The van der Waals surface area contributed by atoms with Gasteiger partial charge in [-0.2, -0.15) is 8.78 Å². The summed E-state index contributed by atoms with van der Waals surface area (Å²) in [4.78, 5) is 17.4. The van der Waals surface area contributed by atoms with Crippen LogP contribution >= 0.6 is 0 Å². The summed E-state index contributed by atoms with van der Waals surface area (Å²) >= 11 is 0. The average molecular weight is 296 g/mol. The number of halogens is 2. The number of nitrogens with zero attached hydrogens (tertiary/aromatic N) is 2. The predicted octanol–water partition coefficient (Wildman–Crippen LogP) is 4.00. The molecule has 1 amide bonds. The summed E-state index contributed by atoms with van der Waals surface area (Å²) in [5, 5.41) is 0.792. The average Bonchev–Trinajstić information content (AvgIpc) is 2.74. The van der Waals surface area contributed by atoms with E-state index in [-0.39, 0.29) is 11.3 Å². The van der Waals surface area contributed by atoms with Gasteiger partial charge in [-0.1, -0.05) is 36.4 Å². The second-order valence-electron chi connectivity index (χ2n) is 5.12. The van der Waals surface area contributed by atoms with Gasteiger partial charge in [0, 0.05) is 5.39 Å². The topological polar surface area (TPSA) is 33.2 Å². The molecule has 0 atom stereocenters. The third-order valence-corrected chi connectivity index (χ3v) is 3.79. The third kappa shape index (κ3) is 1.65. The zero-order valence-corrected chi connectivity index (χ0v) is 11.3. The molecule has 5 heteroatoms. The summed E-state index contributed by atoms with van der Waals surface area (Å²) in [5.41, 5.74) is 1.02. The molecule has 1 aromatic heterocycles.